The van der Waals surface area contributed by atoms with E-state index in [1.165, 1.54) is 0 Å². The molecule has 29 heavy (non-hydrogen) atoms. The number of amides is 1. The average Bonchev–Trinajstić information content (AvgIpc) is 2.58. The monoisotopic (exact) mass is 448 g/mol. The number of anilines is 2. The van der Waals surface area contributed by atoms with E-state index in [0.29, 0.717) is 16.1 Å². The molecule has 10 heteroatoms. The van der Waals surface area contributed by atoms with Crippen LogP contribution in [0.15, 0.2) is 42.5 Å². The van der Waals surface area contributed by atoms with Crippen LogP contribution in [0.2, 0.25) is 5.02 Å². The highest BCUT2D eigenvalue weighted by Gasteiger charge is 2.33. The molecule has 0 saturated heterocycles. The van der Waals surface area contributed by atoms with Crippen LogP contribution in [0.4, 0.5) is 24.5 Å². The third-order valence-electron chi connectivity index (χ3n) is 4.09. The maximum atomic E-state index is 13.0. The number of carbonyl (C=O) groups excluding carboxylic acids is 1. The highest BCUT2D eigenvalue weighted by atomic mass is 35.5. The fourth-order valence-electron chi connectivity index (χ4n) is 2.70. The second-order valence-corrected chi connectivity index (χ2v) is 9.04. The fraction of sp³-hybridized carbons (Fsp3) is 0.316. The van der Waals surface area contributed by atoms with Crippen LogP contribution < -0.4 is 9.62 Å². The van der Waals surface area contributed by atoms with Crippen LogP contribution in [0.5, 0.6) is 0 Å². The first-order valence-electron chi connectivity index (χ1n) is 8.54. The minimum atomic E-state index is -4.69. The molecule has 1 N–H and O–H groups in total. The van der Waals surface area contributed by atoms with Gasteiger partial charge in [-0.2, -0.15) is 13.2 Å². The van der Waals surface area contributed by atoms with Crippen molar-refractivity contribution in [3.8, 4) is 0 Å². The van der Waals surface area contributed by atoms with Crippen molar-refractivity contribution >= 4 is 38.9 Å². The molecule has 158 valence electrons. The van der Waals surface area contributed by atoms with Crippen molar-refractivity contribution in [3.05, 3.63) is 58.6 Å². The van der Waals surface area contributed by atoms with Gasteiger partial charge in [0.25, 0.3) is 0 Å². The van der Waals surface area contributed by atoms with Crippen LogP contribution >= 0.6 is 11.6 Å². The third-order valence-corrected chi connectivity index (χ3v) is 5.53. The Morgan fingerprint density at radius 3 is 2.34 bits per heavy atom. The highest BCUT2D eigenvalue weighted by Crippen LogP contribution is 2.36. The van der Waals surface area contributed by atoms with Gasteiger partial charge in [-0.3, -0.25) is 9.10 Å². The number of nitrogens with one attached hydrogen (secondary N) is 1. The summed E-state index contributed by atoms with van der Waals surface area (Å²) < 4.78 is 64.1. The van der Waals surface area contributed by atoms with E-state index in [1.54, 1.807) is 18.2 Å². The lowest BCUT2D eigenvalue weighted by molar-refractivity contribution is -0.137. The Bertz CT molecular complexity index is 1010. The minimum Gasteiger partial charge on any atom is -0.324 e. The first-order valence-corrected chi connectivity index (χ1v) is 10.8. The summed E-state index contributed by atoms with van der Waals surface area (Å²) in [6, 6.07) is 9.29. The zero-order valence-electron chi connectivity index (χ0n) is 15.9. The third kappa shape index (κ3) is 5.86. The molecule has 0 spiro atoms. The molecule has 0 saturated carbocycles. The lowest BCUT2D eigenvalue weighted by Crippen LogP contribution is -2.38. The van der Waals surface area contributed by atoms with Gasteiger partial charge in [-0.1, -0.05) is 43.6 Å². The van der Waals surface area contributed by atoms with Gasteiger partial charge < -0.3 is 5.32 Å². The van der Waals surface area contributed by atoms with E-state index < -0.39 is 39.9 Å². The van der Waals surface area contributed by atoms with Crippen molar-refractivity contribution in [1.82, 2.24) is 0 Å². The Labute approximate surface area is 172 Å². The maximum absolute atomic E-state index is 13.0. The predicted octanol–water partition coefficient (Wildman–Crippen LogP) is 4.89. The number of para-hydroxylation sites is 1. The summed E-state index contributed by atoms with van der Waals surface area (Å²) in [5.41, 5.74) is -0.160. The van der Waals surface area contributed by atoms with E-state index in [2.05, 4.69) is 5.32 Å². The van der Waals surface area contributed by atoms with Gasteiger partial charge in [0.1, 0.15) is 6.54 Å². The summed E-state index contributed by atoms with van der Waals surface area (Å²) in [6.07, 6.45) is -3.90. The molecule has 0 aliphatic carbocycles. The van der Waals surface area contributed by atoms with Crippen LogP contribution in [-0.4, -0.2) is 27.1 Å². The average molecular weight is 449 g/mol. The molecule has 1 amide bonds. The van der Waals surface area contributed by atoms with Crippen molar-refractivity contribution in [2.75, 3.05) is 22.4 Å². The number of nitrogens with zero attached hydrogens (tertiary/aromatic N) is 1. The maximum Gasteiger partial charge on any atom is 0.416 e. The molecule has 0 radical (unpaired) electrons. The number of alkyl halides is 3. The first kappa shape index (κ1) is 23.0. The quantitative estimate of drug-likeness (QED) is 0.684. The van der Waals surface area contributed by atoms with Crippen molar-refractivity contribution in [2.45, 2.75) is 25.9 Å². The van der Waals surface area contributed by atoms with Gasteiger partial charge in [0, 0.05) is 5.69 Å². The Kier molecular flexibility index (Phi) is 6.85. The van der Waals surface area contributed by atoms with Gasteiger partial charge in [-0.05, 0) is 35.7 Å². The fourth-order valence-corrected chi connectivity index (χ4v) is 3.83. The molecule has 0 atom stereocenters. The molecule has 0 aromatic heterocycles. The molecular formula is C19H20ClF3N2O3S. The molecule has 0 fully saturated rings. The SMILES string of the molecule is CC(C)c1ccccc1NC(=O)CN(c1cc(C(F)(F)F)ccc1Cl)S(C)(=O)=O. The van der Waals surface area contributed by atoms with E-state index >= 15 is 0 Å². The van der Waals surface area contributed by atoms with Crippen LogP contribution in [0, 0.1) is 0 Å². The molecular weight excluding hydrogens is 429 g/mol. The van der Waals surface area contributed by atoms with Crippen molar-refractivity contribution in [2.24, 2.45) is 0 Å². The van der Waals surface area contributed by atoms with Crippen LogP contribution in [-0.2, 0) is 21.0 Å². The topological polar surface area (TPSA) is 66.5 Å². The van der Waals surface area contributed by atoms with Crippen molar-refractivity contribution in [1.29, 1.82) is 0 Å². The molecule has 0 unspecified atom stereocenters. The summed E-state index contributed by atoms with van der Waals surface area (Å²) in [5.74, 6) is -0.618. The summed E-state index contributed by atoms with van der Waals surface area (Å²) in [6.45, 7) is 3.12. The van der Waals surface area contributed by atoms with Gasteiger partial charge in [-0.15, -0.1) is 0 Å². The Hall–Kier alpha value is -2.26. The van der Waals surface area contributed by atoms with E-state index in [-0.39, 0.29) is 10.9 Å². The number of benzene rings is 2. The summed E-state index contributed by atoms with van der Waals surface area (Å²) in [5, 5.41) is 2.39. The van der Waals surface area contributed by atoms with Gasteiger partial charge in [-0.25, -0.2) is 8.42 Å². The normalized spacial score (nSPS) is 12.1. The van der Waals surface area contributed by atoms with Crippen LogP contribution in [0.3, 0.4) is 0 Å². The number of rotatable bonds is 6. The van der Waals surface area contributed by atoms with Gasteiger partial charge in [0.2, 0.25) is 15.9 Å². The minimum absolute atomic E-state index is 0.0930. The second kappa shape index (κ2) is 8.62. The highest BCUT2D eigenvalue weighted by molar-refractivity contribution is 7.92. The summed E-state index contributed by atoms with van der Waals surface area (Å²) in [4.78, 5) is 12.5. The number of carbonyl (C=O) groups is 1. The number of hydrogen-bond acceptors (Lipinski definition) is 3. The van der Waals surface area contributed by atoms with Crippen molar-refractivity contribution in [3.63, 3.8) is 0 Å². The Morgan fingerprint density at radius 2 is 1.79 bits per heavy atom. The van der Waals surface area contributed by atoms with E-state index in [0.717, 1.165) is 24.0 Å². The van der Waals surface area contributed by atoms with Gasteiger partial charge in [0.15, 0.2) is 0 Å². The van der Waals surface area contributed by atoms with Gasteiger partial charge in [0.05, 0.1) is 22.5 Å². The van der Waals surface area contributed by atoms with E-state index in [9.17, 15) is 26.4 Å². The van der Waals surface area contributed by atoms with Crippen LogP contribution in [0.25, 0.3) is 0 Å². The summed E-state index contributed by atoms with van der Waals surface area (Å²) >= 11 is 5.95. The van der Waals surface area contributed by atoms with Crippen LogP contribution in [0.1, 0.15) is 30.9 Å². The standard InChI is InChI=1S/C19H20ClF3N2O3S/c1-12(2)14-6-4-5-7-16(14)24-18(26)11-25(29(3,27)28)17-10-13(19(21,22)23)8-9-15(17)20/h4-10,12H,11H2,1-3H3,(H,24,26). The number of halogens is 4. The molecule has 0 aliphatic rings. The number of sulfonamides is 1. The molecule has 2 aromatic carbocycles. The Balaban J connectivity index is 2.38. The van der Waals surface area contributed by atoms with E-state index in [4.69, 9.17) is 11.6 Å². The van der Waals surface area contributed by atoms with Crippen molar-refractivity contribution < 1.29 is 26.4 Å². The second-order valence-electron chi connectivity index (χ2n) is 6.72. The Morgan fingerprint density at radius 1 is 1.17 bits per heavy atom. The zero-order valence-corrected chi connectivity index (χ0v) is 17.5. The lowest BCUT2D eigenvalue weighted by Gasteiger charge is -2.24. The molecule has 0 heterocycles. The number of hydrogen-bond donors (Lipinski definition) is 1. The molecule has 0 bridgehead atoms. The van der Waals surface area contributed by atoms with Gasteiger partial charge >= 0.3 is 6.18 Å². The lowest BCUT2D eigenvalue weighted by atomic mass is 10.0. The molecule has 2 aromatic rings. The predicted molar refractivity (Wildman–Crippen MR) is 108 cm³/mol. The van der Waals surface area contributed by atoms with E-state index in [1.807, 2.05) is 19.9 Å². The first-order chi connectivity index (χ1) is 13.3. The molecule has 0 aliphatic heterocycles. The largest absolute Gasteiger partial charge is 0.416 e. The smallest absolute Gasteiger partial charge is 0.324 e. The molecule has 2 rings (SSSR count). The summed E-state index contributed by atoms with van der Waals surface area (Å²) in [7, 11) is -4.10. The molecule has 5 nitrogen and oxygen atoms in total. The zero-order chi connectivity index (χ0) is 22.0.